The van der Waals surface area contributed by atoms with Gasteiger partial charge in [-0.25, -0.2) is 0 Å². The van der Waals surface area contributed by atoms with E-state index in [1.807, 2.05) is 44.3 Å². The molecule has 5 nitrogen and oxygen atoms in total. The van der Waals surface area contributed by atoms with Crippen LogP contribution in [0.3, 0.4) is 0 Å². The van der Waals surface area contributed by atoms with Gasteiger partial charge in [0.2, 0.25) is 0 Å². The molecule has 0 atom stereocenters. The van der Waals surface area contributed by atoms with E-state index in [9.17, 15) is 0 Å². The second-order valence-electron chi connectivity index (χ2n) is 4.88. The topological polar surface area (TPSA) is 80.7 Å². The molecule has 1 aromatic heterocycles. The summed E-state index contributed by atoms with van der Waals surface area (Å²) >= 11 is 0. The summed E-state index contributed by atoms with van der Waals surface area (Å²) < 4.78 is 5.87. The fraction of sp³-hybridized carbons (Fsp3) is 0.250. The van der Waals surface area contributed by atoms with E-state index < -0.39 is 0 Å². The maximum Gasteiger partial charge on any atom is 0.170 e. The van der Waals surface area contributed by atoms with Crippen molar-refractivity contribution in [2.24, 2.45) is 10.9 Å². The number of nitrogens with zero attached hydrogens (tertiary/aromatic N) is 2. The first kappa shape index (κ1) is 14.8. The Morgan fingerprint density at radius 1 is 1.33 bits per heavy atom. The van der Waals surface area contributed by atoms with Crippen molar-refractivity contribution in [3.8, 4) is 5.75 Å². The molecule has 21 heavy (non-hydrogen) atoms. The Balaban J connectivity index is 2.07. The van der Waals surface area contributed by atoms with Crippen LogP contribution in [0.5, 0.6) is 5.75 Å². The number of nitrogens with two attached hydrogens (primary N) is 1. The molecule has 2 rings (SSSR count). The first-order valence-electron chi connectivity index (χ1n) is 6.72. The van der Waals surface area contributed by atoms with E-state index in [2.05, 4.69) is 10.1 Å². The third-order valence-electron chi connectivity index (χ3n) is 3.22. The molecular weight excluding hydrogens is 266 g/mol. The molecule has 3 N–H and O–H groups in total. The molecule has 0 aliphatic rings. The Morgan fingerprint density at radius 2 is 2.05 bits per heavy atom. The predicted octanol–water partition coefficient (Wildman–Crippen LogP) is 2.41. The minimum Gasteiger partial charge on any atom is -0.493 e. The van der Waals surface area contributed by atoms with Crippen molar-refractivity contribution in [2.75, 3.05) is 6.61 Å². The van der Waals surface area contributed by atoms with E-state index >= 15 is 0 Å². The molecule has 0 saturated heterocycles. The Kier molecular flexibility index (Phi) is 4.77. The SMILES string of the molecule is Cc1cc(C(N)=NO)cc(C)c1OCCc1cccnc1. The van der Waals surface area contributed by atoms with E-state index in [1.54, 1.807) is 6.20 Å². The van der Waals surface area contributed by atoms with Gasteiger partial charge in [-0.2, -0.15) is 0 Å². The molecule has 0 saturated carbocycles. The lowest BCUT2D eigenvalue weighted by molar-refractivity contribution is 0.316. The number of pyridine rings is 1. The molecule has 1 aromatic carbocycles. The first-order valence-corrected chi connectivity index (χ1v) is 6.72. The molecule has 0 aliphatic heterocycles. The van der Waals surface area contributed by atoms with Gasteiger partial charge in [-0.05, 0) is 48.7 Å². The Bertz CT molecular complexity index is 616. The molecule has 0 fully saturated rings. The lowest BCUT2D eigenvalue weighted by Gasteiger charge is -2.13. The van der Waals surface area contributed by atoms with Gasteiger partial charge >= 0.3 is 0 Å². The minimum atomic E-state index is 0.100. The highest BCUT2D eigenvalue weighted by Gasteiger charge is 2.09. The zero-order valence-corrected chi connectivity index (χ0v) is 12.2. The second-order valence-corrected chi connectivity index (χ2v) is 4.88. The van der Waals surface area contributed by atoms with Crippen molar-refractivity contribution >= 4 is 5.84 Å². The molecule has 0 bridgehead atoms. The summed E-state index contributed by atoms with van der Waals surface area (Å²) in [6.45, 7) is 4.47. The number of benzene rings is 1. The van der Waals surface area contributed by atoms with Gasteiger partial charge in [0.1, 0.15) is 5.75 Å². The van der Waals surface area contributed by atoms with Crippen LogP contribution in [0.2, 0.25) is 0 Å². The van der Waals surface area contributed by atoms with Gasteiger partial charge in [0.25, 0.3) is 0 Å². The molecule has 1 heterocycles. The number of aromatic nitrogens is 1. The monoisotopic (exact) mass is 285 g/mol. The van der Waals surface area contributed by atoms with Crippen LogP contribution in [0.4, 0.5) is 0 Å². The molecule has 0 unspecified atom stereocenters. The maximum atomic E-state index is 8.73. The number of aryl methyl sites for hydroxylation is 2. The highest BCUT2D eigenvalue weighted by atomic mass is 16.5. The van der Waals surface area contributed by atoms with E-state index in [4.69, 9.17) is 15.7 Å². The third kappa shape index (κ3) is 3.72. The zero-order chi connectivity index (χ0) is 15.2. The van der Waals surface area contributed by atoms with Crippen LogP contribution in [0.15, 0.2) is 41.8 Å². The average Bonchev–Trinajstić information content (AvgIpc) is 2.50. The van der Waals surface area contributed by atoms with E-state index in [1.165, 1.54) is 0 Å². The Morgan fingerprint density at radius 3 is 2.62 bits per heavy atom. The van der Waals surface area contributed by atoms with Gasteiger partial charge in [0.15, 0.2) is 5.84 Å². The van der Waals surface area contributed by atoms with Crippen molar-refractivity contribution in [3.05, 3.63) is 58.9 Å². The molecule has 5 heteroatoms. The lowest BCUT2D eigenvalue weighted by Crippen LogP contribution is -2.14. The number of hydrogen-bond donors (Lipinski definition) is 2. The summed E-state index contributed by atoms with van der Waals surface area (Å²) in [4.78, 5) is 4.08. The van der Waals surface area contributed by atoms with Crippen molar-refractivity contribution in [2.45, 2.75) is 20.3 Å². The average molecular weight is 285 g/mol. The molecule has 110 valence electrons. The van der Waals surface area contributed by atoms with E-state index in [0.29, 0.717) is 12.2 Å². The first-order chi connectivity index (χ1) is 10.1. The van der Waals surface area contributed by atoms with Crippen LogP contribution >= 0.6 is 0 Å². The Hall–Kier alpha value is -2.56. The standard InChI is InChI=1S/C16H19N3O2/c1-11-8-14(16(17)19-20)9-12(2)15(11)21-7-5-13-4-3-6-18-10-13/h3-4,6,8-10,20H,5,7H2,1-2H3,(H2,17,19). The highest BCUT2D eigenvalue weighted by molar-refractivity contribution is 5.97. The smallest absolute Gasteiger partial charge is 0.170 e. The van der Waals surface area contributed by atoms with Gasteiger partial charge in [0.05, 0.1) is 6.61 Å². The molecule has 0 amide bonds. The summed E-state index contributed by atoms with van der Waals surface area (Å²) in [5.74, 6) is 0.941. The molecule has 0 aliphatic carbocycles. The zero-order valence-electron chi connectivity index (χ0n) is 12.2. The Labute approximate surface area is 124 Å². The fourth-order valence-corrected chi connectivity index (χ4v) is 2.20. The number of hydrogen-bond acceptors (Lipinski definition) is 4. The van der Waals surface area contributed by atoms with Crippen LogP contribution in [0, 0.1) is 13.8 Å². The van der Waals surface area contributed by atoms with Crippen molar-refractivity contribution in [3.63, 3.8) is 0 Å². The van der Waals surface area contributed by atoms with E-state index in [0.717, 1.165) is 28.9 Å². The number of rotatable bonds is 5. The summed E-state index contributed by atoms with van der Waals surface area (Å²) in [7, 11) is 0. The maximum absolute atomic E-state index is 8.73. The predicted molar refractivity (Wildman–Crippen MR) is 81.9 cm³/mol. The van der Waals surface area contributed by atoms with E-state index in [-0.39, 0.29) is 5.84 Å². The fourth-order valence-electron chi connectivity index (χ4n) is 2.20. The second kappa shape index (κ2) is 6.74. The van der Waals surface area contributed by atoms with Crippen LogP contribution in [0.1, 0.15) is 22.3 Å². The van der Waals surface area contributed by atoms with Crippen LogP contribution in [-0.2, 0) is 6.42 Å². The quantitative estimate of drug-likeness (QED) is 0.382. The van der Waals surface area contributed by atoms with Gasteiger partial charge in [-0.15, -0.1) is 0 Å². The minimum absolute atomic E-state index is 0.100. The largest absolute Gasteiger partial charge is 0.493 e. The summed E-state index contributed by atoms with van der Waals surface area (Å²) in [6, 6.07) is 7.64. The van der Waals surface area contributed by atoms with Crippen LogP contribution in [-0.4, -0.2) is 22.6 Å². The van der Waals surface area contributed by atoms with Gasteiger partial charge in [0, 0.05) is 24.4 Å². The number of amidine groups is 1. The summed E-state index contributed by atoms with van der Waals surface area (Å²) in [5, 5.41) is 11.8. The van der Waals surface area contributed by atoms with Gasteiger partial charge < -0.3 is 15.7 Å². The third-order valence-corrected chi connectivity index (χ3v) is 3.22. The van der Waals surface area contributed by atoms with Crippen molar-refractivity contribution < 1.29 is 9.94 Å². The summed E-state index contributed by atoms with van der Waals surface area (Å²) in [6.07, 6.45) is 4.39. The summed E-state index contributed by atoms with van der Waals surface area (Å²) in [5.41, 5.74) is 9.36. The highest BCUT2D eigenvalue weighted by Crippen LogP contribution is 2.25. The molecule has 0 radical (unpaired) electrons. The van der Waals surface area contributed by atoms with Crippen molar-refractivity contribution in [1.82, 2.24) is 4.98 Å². The van der Waals surface area contributed by atoms with Gasteiger partial charge in [-0.1, -0.05) is 11.2 Å². The van der Waals surface area contributed by atoms with Gasteiger partial charge in [-0.3, -0.25) is 4.98 Å². The lowest BCUT2D eigenvalue weighted by atomic mass is 10.1. The normalized spacial score (nSPS) is 11.4. The van der Waals surface area contributed by atoms with Crippen LogP contribution < -0.4 is 10.5 Å². The molecular formula is C16H19N3O2. The molecule has 2 aromatic rings. The van der Waals surface area contributed by atoms with Crippen LogP contribution in [0.25, 0.3) is 0 Å². The molecule has 0 spiro atoms. The van der Waals surface area contributed by atoms with Crippen molar-refractivity contribution in [1.29, 1.82) is 0 Å². The number of ether oxygens (including phenoxy) is 1. The number of oxime groups is 1.